The van der Waals surface area contributed by atoms with Crippen molar-refractivity contribution in [3.8, 4) is 11.5 Å². The van der Waals surface area contributed by atoms with E-state index in [1.807, 2.05) is 59.5 Å². The van der Waals surface area contributed by atoms with Crippen LogP contribution in [0.1, 0.15) is 24.8 Å². The van der Waals surface area contributed by atoms with Crippen LogP contribution < -0.4 is 14.8 Å². The Morgan fingerprint density at radius 1 is 1.14 bits per heavy atom. The fourth-order valence-corrected chi connectivity index (χ4v) is 4.47. The number of ether oxygens (including phenoxy) is 2. The van der Waals surface area contributed by atoms with Gasteiger partial charge in [0.05, 0.1) is 19.1 Å². The zero-order chi connectivity index (χ0) is 20.3. The van der Waals surface area contributed by atoms with Gasteiger partial charge in [0, 0.05) is 19.0 Å². The number of methoxy groups -OCH3 is 1. The first-order valence-corrected chi connectivity index (χ1v) is 10.0. The van der Waals surface area contributed by atoms with Crippen LogP contribution in [-0.2, 0) is 15.0 Å². The predicted octanol–water partition coefficient (Wildman–Crippen LogP) is 2.52. The van der Waals surface area contributed by atoms with E-state index in [4.69, 9.17) is 9.47 Å². The molecule has 2 aliphatic heterocycles. The Balaban J connectivity index is 1.44. The Morgan fingerprint density at radius 2 is 1.86 bits per heavy atom. The van der Waals surface area contributed by atoms with Gasteiger partial charge in [0.2, 0.25) is 11.8 Å². The number of nitrogens with one attached hydrogen (secondary N) is 1. The lowest BCUT2D eigenvalue weighted by Crippen LogP contribution is -2.48. The molecule has 0 bridgehead atoms. The van der Waals surface area contributed by atoms with Gasteiger partial charge < -0.3 is 19.7 Å². The first kappa shape index (κ1) is 19.3. The second-order valence-electron chi connectivity index (χ2n) is 7.62. The summed E-state index contributed by atoms with van der Waals surface area (Å²) in [5, 5.41) is 3.03. The third-order valence-electron chi connectivity index (χ3n) is 5.95. The van der Waals surface area contributed by atoms with Gasteiger partial charge in [0.15, 0.2) is 11.5 Å². The number of fused-ring (bicyclic) bond motifs is 1. The van der Waals surface area contributed by atoms with Gasteiger partial charge in [-0.05, 0) is 30.5 Å². The van der Waals surface area contributed by atoms with Crippen LogP contribution in [0.15, 0.2) is 54.6 Å². The molecule has 0 aromatic heterocycles. The third-order valence-corrected chi connectivity index (χ3v) is 5.95. The second kappa shape index (κ2) is 8.15. The van der Waals surface area contributed by atoms with Crippen LogP contribution in [-0.4, -0.2) is 49.6 Å². The molecule has 6 nitrogen and oxygen atoms in total. The van der Waals surface area contributed by atoms with Crippen LogP contribution in [0.3, 0.4) is 0 Å². The molecular weight excluding hydrogens is 368 g/mol. The lowest BCUT2D eigenvalue weighted by atomic mass is 9.77. The number of rotatable bonds is 7. The Bertz CT molecular complexity index is 885. The van der Waals surface area contributed by atoms with E-state index < -0.39 is 5.41 Å². The first-order chi connectivity index (χ1) is 14.1. The highest BCUT2D eigenvalue weighted by Crippen LogP contribution is 2.43. The number of nitrogens with zero attached hydrogens (tertiary/aromatic N) is 1. The standard InChI is InChI=1S/C23H26N2O4/c1-28-19-9-5-6-10-20(19)29-14-13-24-22(27)23(17-7-3-2-4-8-17)15-18-11-12-21(26)25(18)16-23/h2-10,18H,11-16H2,1H3,(H,24,27)/t18-,23-/m0/s1. The summed E-state index contributed by atoms with van der Waals surface area (Å²) in [6, 6.07) is 17.4. The zero-order valence-corrected chi connectivity index (χ0v) is 16.6. The minimum absolute atomic E-state index is 0.0467. The summed E-state index contributed by atoms with van der Waals surface area (Å²) >= 11 is 0. The van der Waals surface area contributed by atoms with Gasteiger partial charge in [-0.15, -0.1) is 0 Å². The SMILES string of the molecule is COc1ccccc1OCCNC(=O)[C@@]1(c2ccccc2)C[C@@H]2CCC(=O)N2C1. The normalized spacial score (nSPS) is 23.0. The number of amides is 2. The predicted molar refractivity (Wildman–Crippen MR) is 109 cm³/mol. The van der Waals surface area contributed by atoms with Crippen molar-refractivity contribution in [3.63, 3.8) is 0 Å². The van der Waals surface area contributed by atoms with Crippen molar-refractivity contribution in [2.75, 3.05) is 26.8 Å². The molecule has 29 heavy (non-hydrogen) atoms. The largest absolute Gasteiger partial charge is 0.493 e. The lowest BCUT2D eigenvalue weighted by Gasteiger charge is -2.29. The van der Waals surface area contributed by atoms with Crippen molar-refractivity contribution in [1.82, 2.24) is 10.2 Å². The molecule has 0 spiro atoms. The molecule has 2 saturated heterocycles. The molecule has 4 rings (SSSR count). The summed E-state index contributed by atoms with van der Waals surface area (Å²) in [4.78, 5) is 27.4. The van der Waals surface area contributed by atoms with Gasteiger partial charge in [0.1, 0.15) is 6.61 Å². The topological polar surface area (TPSA) is 67.9 Å². The summed E-state index contributed by atoms with van der Waals surface area (Å²) < 4.78 is 11.0. The molecule has 2 aliphatic rings. The molecular formula is C23H26N2O4. The maximum absolute atomic E-state index is 13.3. The van der Waals surface area contributed by atoms with Crippen molar-refractivity contribution >= 4 is 11.8 Å². The van der Waals surface area contributed by atoms with E-state index in [1.54, 1.807) is 7.11 Å². The van der Waals surface area contributed by atoms with Gasteiger partial charge >= 0.3 is 0 Å². The van der Waals surface area contributed by atoms with Crippen LogP contribution in [0.2, 0.25) is 0 Å². The molecule has 1 N–H and O–H groups in total. The van der Waals surface area contributed by atoms with E-state index in [9.17, 15) is 9.59 Å². The highest BCUT2D eigenvalue weighted by molar-refractivity contribution is 5.91. The summed E-state index contributed by atoms with van der Waals surface area (Å²) in [5.74, 6) is 1.42. The van der Waals surface area contributed by atoms with Gasteiger partial charge in [0.25, 0.3) is 0 Å². The number of carbonyl (C=O) groups excluding carboxylic acids is 2. The average molecular weight is 394 g/mol. The van der Waals surface area contributed by atoms with Crippen molar-refractivity contribution in [2.24, 2.45) is 0 Å². The summed E-state index contributed by atoms with van der Waals surface area (Å²) in [5.41, 5.74) is 0.261. The molecule has 152 valence electrons. The molecule has 6 heteroatoms. The van der Waals surface area contributed by atoms with Gasteiger partial charge in [-0.1, -0.05) is 42.5 Å². The van der Waals surface area contributed by atoms with Crippen LogP contribution in [0.4, 0.5) is 0 Å². The van der Waals surface area contributed by atoms with Crippen molar-refractivity contribution in [1.29, 1.82) is 0 Å². The lowest BCUT2D eigenvalue weighted by molar-refractivity contribution is -0.129. The number of benzene rings is 2. The first-order valence-electron chi connectivity index (χ1n) is 10.0. The molecule has 0 unspecified atom stereocenters. The minimum atomic E-state index is -0.702. The van der Waals surface area contributed by atoms with E-state index >= 15 is 0 Å². The summed E-state index contributed by atoms with van der Waals surface area (Å²) in [6.45, 7) is 1.16. The molecule has 0 aliphatic carbocycles. The van der Waals surface area contributed by atoms with E-state index in [0.29, 0.717) is 44.0 Å². The maximum atomic E-state index is 13.3. The zero-order valence-electron chi connectivity index (χ0n) is 16.6. The van der Waals surface area contributed by atoms with Gasteiger partial charge in [-0.2, -0.15) is 0 Å². The average Bonchev–Trinajstić information content (AvgIpc) is 3.31. The van der Waals surface area contributed by atoms with Crippen molar-refractivity contribution < 1.29 is 19.1 Å². The molecule has 2 aromatic rings. The molecule has 2 heterocycles. The summed E-state index contributed by atoms with van der Waals surface area (Å²) in [7, 11) is 1.60. The second-order valence-corrected chi connectivity index (χ2v) is 7.62. The molecule has 2 atom stereocenters. The van der Waals surface area contributed by atoms with E-state index in [0.717, 1.165) is 12.0 Å². The van der Waals surface area contributed by atoms with Crippen molar-refractivity contribution in [3.05, 3.63) is 60.2 Å². The molecule has 2 aromatic carbocycles. The van der Waals surface area contributed by atoms with Gasteiger partial charge in [-0.3, -0.25) is 9.59 Å². The Hall–Kier alpha value is -3.02. The Morgan fingerprint density at radius 3 is 2.59 bits per heavy atom. The molecule has 0 saturated carbocycles. The third kappa shape index (κ3) is 3.67. The van der Waals surface area contributed by atoms with Crippen LogP contribution in [0.5, 0.6) is 11.5 Å². The Kier molecular flexibility index (Phi) is 5.43. The van der Waals surface area contributed by atoms with E-state index in [-0.39, 0.29) is 17.9 Å². The number of hydrogen-bond donors (Lipinski definition) is 1. The monoisotopic (exact) mass is 394 g/mol. The van der Waals surface area contributed by atoms with E-state index in [1.165, 1.54) is 0 Å². The van der Waals surface area contributed by atoms with Gasteiger partial charge in [-0.25, -0.2) is 0 Å². The fourth-order valence-electron chi connectivity index (χ4n) is 4.47. The maximum Gasteiger partial charge on any atom is 0.232 e. The van der Waals surface area contributed by atoms with E-state index in [2.05, 4.69) is 5.32 Å². The molecule has 2 amide bonds. The Labute approximate surface area is 170 Å². The fraction of sp³-hybridized carbons (Fsp3) is 0.391. The van der Waals surface area contributed by atoms with Crippen molar-refractivity contribution in [2.45, 2.75) is 30.7 Å². The van der Waals surface area contributed by atoms with Crippen LogP contribution >= 0.6 is 0 Å². The number of carbonyl (C=O) groups is 2. The van der Waals surface area contributed by atoms with Crippen LogP contribution in [0.25, 0.3) is 0 Å². The molecule has 2 fully saturated rings. The number of para-hydroxylation sites is 2. The summed E-state index contributed by atoms with van der Waals surface area (Å²) in [6.07, 6.45) is 2.09. The highest BCUT2D eigenvalue weighted by atomic mass is 16.5. The number of hydrogen-bond acceptors (Lipinski definition) is 4. The smallest absolute Gasteiger partial charge is 0.232 e. The minimum Gasteiger partial charge on any atom is -0.493 e. The molecule has 0 radical (unpaired) electrons. The quantitative estimate of drug-likeness (QED) is 0.733. The van der Waals surface area contributed by atoms with Crippen LogP contribution in [0, 0.1) is 0 Å². The highest BCUT2D eigenvalue weighted by Gasteiger charge is 2.53.